The van der Waals surface area contributed by atoms with Crippen LogP contribution in [0, 0.1) is 5.92 Å². The van der Waals surface area contributed by atoms with Gasteiger partial charge in [-0.3, -0.25) is 14.5 Å². The number of imide groups is 1. The molecule has 29 heavy (non-hydrogen) atoms. The number of hydrogen-bond acceptors (Lipinski definition) is 4. The number of carbonyl (C=O) groups is 2. The van der Waals surface area contributed by atoms with E-state index in [2.05, 4.69) is 29.2 Å². The second-order valence-electron chi connectivity index (χ2n) is 8.33. The highest BCUT2D eigenvalue weighted by atomic mass is 16.5. The highest BCUT2D eigenvalue weighted by Gasteiger charge is 2.46. The van der Waals surface area contributed by atoms with Crippen molar-refractivity contribution in [3.05, 3.63) is 70.8 Å². The lowest BCUT2D eigenvalue weighted by molar-refractivity contribution is 0.0599. The third kappa shape index (κ3) is 3.00. The van der Waals surface area contributed by atoms with Crippen molar-refractivity contribution in [2.75, 3.05) is 33.3 Å². The maximum atomic E-state index is 12.5. The molecule has 3 unspecified atom stereocenters. The number of ether oxygens (including phenoxy) is 1. The molecule has 2 aliphatic heterocycles. The monoisotopic (exact) mass is 390 g/mol. The molecule has 2 amide bonds. The Morgan fingerprint density at radius 2 is 1.48 bits per heavy atom. The van der Waals surface area contributed by atoms with Gasteiger partial charge in [-0.2, -0.15) is 0 Å². The van der Waals surface area contributed by atoms with Gasteiger partial charge in [-0.05, 0) is 42.6 Å². The van der Waals surface area contributed by atoms with Crippen molar-refractivity contribution in [3.8, 4) is 0 Å². The van der Waals surface area contributed by atoms with Gasteiger partial charge < -0.3 is 9.64 Å². The Hall–Kier alpha value is -2.50. The lowest BCUT2D eigenvalue weighted by atomic mass is 9.96. The lowest BCUT2D eigenvalue weighted by Gasteiger charge is -2.21. The van der Waals surface area contributed by atoms with Gasteiger partial charge in [0.15, 0.2) is 0 Å². The summed E-state index contributed by atoms with van der Waals surface area (Å²) in [4.78, 5) is 28.8. The topological polar surface area (TPSA) is 49.9 Å². The van der Waals surface area contributed by atoms with Gasteiger partial charge >= 0.3 is 0 Å². The van der Waals surface area contributed by atoms with E-state index in [0.29, 0.717) is 29.5 Å². The van der Waals surface area contributed by atoms with Crippen LogP contribution in [0.15, 0.2) is 48.5 Å². The summed E-state index contributed by atoms with van der Waals surface area (Å²) >= 11 is 0. The molecule has 5 rings (SSSR count). The minimum absolute atomic E-state index is 0.152. The minimum atomic E-state index is -0.152. The first kappa shape index (κ1) is 18.5. The zero-order valence-electron chi connectivity index (χ0n) is 16.7. The Morgan fingerprint density at radius 3 is 2.17 bits per heavy atom. The first-order chi connectivity index (χ1) is 14.2. The summed E-state index contributed by atoms with van der Waals surface area (Å²) in [6.45, 7) is 3.60. The number of hydrogen-bond donors (Lipinski definition) is 0. The maximum absolute atomic E-state index is 12.5. The minimum Gasteiger partial charge on any atom is -0.376 e. The number of benzene rings is 2. The summed E-state index contributed by atoms with van der Waals surface area (Å²) in [6, 6.07) is 15.8. The van der Waals surface area contributed by atoms with Crippen LogP contribution in [-0.4, -0.2) is 54.9 Å². The summed E-state index contributed by atoms with van der Waals surface area (Å²) in [6.07, 6.45) is 2.01. The molecule has 0 aromatic heterocycles. The second kappa shape index (κ2) is 7.39. The van der Waals surface area contributed by atoms with E-state index in [0.717, 1.165) is 32.5 Å². The van der Waals surface area contributed by atoms with E-state index in [1.54, 1.807) is 12.1 Å². The van der Waals surface area contributed by atoms with Gasteiger partial charge in [0.1, 0.15) is 0 Å². The van der Waals surface area contributed by atoms with E-state index >= 15 is 0 Å². The van der Waals surface area contributed by atoms with Gasteiger partial charge in [0.05, 0.1) is 17.2 Å². The van der Waals surface area contributed by atoms with Gasteiger partial charge in [0.25, 0.3) is 11.8 Å². The summed E-state index contributed by atoms with van der Waals surface area (Å²) in [5.74, 6) is 0.766. The van der Waals surface area contributed by atoms with Crippen LogP contribution < -0.4 is 0 Å². The molecule has 2 heterocycles. The molecule has 1 saturated heterocycles. The Morgan fingerprint density at radius 1 is 0.862 bits per heavy atom. The maximum Gasteiger partial charge on any atom is 0.261 e. The molecule has 150 valence electrons. The van der Waals surface area contributed by atoms with Crippen molar-refractivity contribution < 1.29 is 14.3 Å². The van der Waals surface area contributed by atoms with E-state index < -0.39 is 0 Å². The van der Waals surface area contributed by atoms with Gasteiger partial charge in [-0.25, -0.2) is 0 Å². The summed E-state index contributed by atoms with van der Waals surface area (Å²) in [5.41, 5.74) is 3.87. The van der Waals surface area contributed by atoms with Crippen molar-refractivity contribution in [3.63, 3.8) is 0 Å². The molecule has 0 bridgehead atoms. The third-order valence-corrected chi connectivity index (χ3v) is 6.77. The van der Waals surface area contributed by atoms with Crippen molar-refractivity contribution in [2.45, 2.75) is 24.9 Å². The average molecular weight is 390 g/mol. The highest BCUT2D eigenvalue weighted by molar-refractivity contribution is 6.21. The number of fused-ring (bicyclic) bond motifs is 4. The van der Waals surface area contributed by atoms with Crippen LogP contribution in [0.2, 0.25) is 0 Å². The zero-order chi connectivity index (χ0) is 20.0. The molecule has 3 atom stereocenters. The van der Waals surface area contributed by atoms with E-state index in [4.69, 9.17) is 4.74 Å². The third-order valence-electron chi connectivity index (χ3n) is 6.77. The van der Waals surface area contributed by atoms with E-state index in [-0.39, 0.29) is 17.9 Å². The fourth-order valence-corrected chi connectivity index (χ4v) is 5.42. The average Bonchev–Trinajstić information content (AvgIpc) is 3.36. The Labute approximate surface area is 171 Å². The molecule has 1 fully saturated rings. The predicted octanol–water partition coefficient (Wildman–Crippen LogP) is 3.48. The summed E-state index contributed by atoms with van der Waals surface area (Å²) in [7, 11) is 1.81. The molecular weight excluding hydrogens is 364 g/mol. The molecule has 0 saturated carbocycles. The molecular formula is C24H26N2O3. The molecule has 2 aromatic rings. The van der Waals surface area contributed by atoms with Crippen LogP contribution in [0.5, 0.6) is 0 Å². The van der Waals surface area contributed by atoms with Crippen LogP contribution in [0.25, 0.3) is 0 Å². The summed E-state index contributed by atoms with van der Waals surface area (Å²) < 4.78 is 5.84. The van der Waals surface area contributed by atoms with Gasteiger partial charge in [-0.15, -0.1) is 0 Å². The Balaban J connectivity index is 1.15. The normalized spacial score (nSPS) is 25.4. The molecule has 0 radical (unpaired) electrons. The van der Waals surface area contributed by atoms with Crippen LogP contribution in [0.1, 0.15) is 56.7 Å². The van der Waals surface area contributed by atoms with Crippen molar-refractivity contribution >= 4 is 11.8 Å². The molecule has 0 N–H and O–H groups in total. The number of nitrogens with zero attached hydrogens (tertiary/aromatic N) is 2. The highest BCUT2D eigenvalue weighted by Crippen LogP contribution is 2.50. The molecule has 0 spiro atoms. The van der Waals surface area contributed by atoms with Crippen LogP contribution in [0.4, 0.5) is 0 Å². The van der Waals surface area contributed by atoms with Gasteiger partial charge in [0.2, 0.25) is 0 Å². The molecule has 2 aromatic carbocycles. The predicted molar refractivity (Wildman–Crippen MR) is 110 cm³/mol. The van der Waals surface area contributed by atoms with E-state index in [1.807, 2.05) is 19.2 Å². The quantitative estimate of drug-likeness (QED) is 0.560. The van der Waals surface area contributed by atoms with Crippen molar-refractivity contribution in [1.29, 1.82) is 0 Å². The lowest BCUT2D eigenvalue weighted by Crippen LogP contribution is -2.31. The Bertz CT molecular complexity index is 922. The van der Waals surface area contributed by atoms with Crippen molar-refractivity contribution in [1.82, 2.24) is 9.80 Å². The smallest absolute Gasteiger partial charge is 0.261 e. The Kier molecular flexibility index (Phi) is 4.72. The van der Waals surface area contributed by atoms with Crippen LogP contribution in [0.3, 0.4) is 0 Å². The number of carbonyl (C=O) groups excluding carboxylic acids is 2. The molecule has 3 aliphatic rings. The fraction of sp³-hybridized carbons (Fsp3) is 0.417. The first-order valence-corrected chi connectivity index (χ1v) is 10.5. The van der Waals surface area contributed by atoms with Crippen LogP contribution in [-0.2, 0) is 4.74 Å². The number of rotatable bonds is 6. The fourth-order valence-electron chi connectivity index (χ4n) is 5.42. The number of amides is 2. The second-order valence-corrected chi connectivity index (χ2v) is 8.33. The van der Waals surface area contributed by atoms with Crippen molar-refractivity contribution in [2.24, 2.45) is 5.92 Å². The first-order valence-electron chi connectivity index (χ1n) is 10.5. The van der Waals surface area contributed by atoms with Gasteiger partial charge in [0, 0.05) is 38.6 Å². The van der Waals surface area contributed by atoms with E-state index in [1.165, 1.54) is 16.0 Å². The number of unbranched alkanes of at least 4 members (excludes halogenated alkanes) is 1. The SMILES string of the molecule is COC1c2ccccc2C2CN(CCCCN3C(=O)c4ccccc4C3=O)CC21. The standard InChI is InChI=1S/C24H26N2O3/c1-29-22-17-9-3-2-8-16(17)20-14-25(15-21(20)22)12-6-7-13-26-23(27)18-10-4-5-11-19(18)24(26)28/h2-5,8-11,20-22H,6-7,12-15H2,1H3. The molecule has 5 heteroatoms. The zero-order valence-corrected chi connectivity index (χ0v) is 16.7. The number of methoxy groups -OCH3 is 1. The molecule has 1 aliphatic carbocycles. The van der Waals surface area contributed by atoms with E-state index in [9.17, 15) is 9.59 Å². The number of likely N-dealkylation sites (tertiary alicyclic amines) is 1. The largest absolute Gasteiger partial charge is 0.376 e. The molecule has 5 nitrogen and oxygen atoms in total. The van der Waals surface area contributed by atoms with Gasteiger partial charge in [-0.1, -0.05) is 36.4 Å². The summed E-state index contributed by atoms with van der Waals surface area (Å²) in [5, 5.41) is 0. The van der Waals surface area contributed by atoms with Crippen LogP contribution >= 0.6 is 0 Å².